The Kier molecular flexibility index (Phi) is 8.72. The first-order valence-corrected chi connectivity index (χ1v) is 11.8. The van der Waals surface area contributed by atoms with E-state index in [1.165, 1.54) is 6.42 Å². The molecule has 3 rings (SSSR count). The third kappa shape index (κ3) is 6.59. The SMILES string of the molecule is CC[C@H](C(=O)NC1CCCCC1)N(Cc1ccccc1)C(=O)COc1ccc(C)cc1C. The van der Waals surface area contributed by atoms with Gasteiger partial charge in [-0.25, -0.2) is 0 Å². The number of amides is 2. The van der Waals surface area contributed by atoms with E-state index < -0.39 is 6.04 Å². The summed E-state index contributed by atoms with van der Waals surface area (Å²) in [5.41, 5.74) is 3.14. The first-order chi connectivity index (χ1) is 15.5. The van der Waals surface area contributed by atoms with Crippen LogP contribution in [0.25, 0.3) is 0 Å². The van der Waals surface area contributed by atoms with E-state index in [-0.39, 0.29) is 24.5 Å². The fraction of sp³-hybridized carbons (Fsp3) is 0.481. The molecule has 0 bridgehead atoms. The second-order valence-corrected chi connectivity index (χ2v) is 8.83. The summed E-state index contributed by atoms with van der Waals surface area (Å²) in [7, 11) is 0. The largest absolute Gasteiger partial charge is 0.483 e. The highest BCUT2D eigenvalue weighted by Crippen LogP contribution is 2.21. The molecule has 2 aromatic carbocycles. The van der Waals surface area contributed by atoms with Crippen LogP contribution in [0.15, 0.2) is 48.5 Å². The van der Waals surface area contributed by atoms with Crippen molar-refractivity contribution >= 4 is 11.8 Å². The minimum Gasteiger partial charge on any atom is -0.483 e. The molecule has 0 spiro atoms. The number of aryl methyl sites for hydroxylation is 2. The van der Waals surface area contributed by atoms with Gasteiger partial charge >= 0.3 is 0 Å². The summed E-state index contributed by atoms with van der Waals surface area (Å²) in [5, 5.41) is 3.21. The zero-order chi connectivity index (χ0) is 22.9. The van der Waals surface area contributed by atoms with Crippen LogP contribution in [-0.4, -0.2) is 35.4 Å². The summed E-state index contributed by atoms with van der Waals surface area (Å²) in [6.07, 6.45) is 6.13. The maximum Gasteiger partial charge on any atom is 0.261 e. The first kappa shape index (κ1) is 23.8. The third-order valence-corrected chi connectivity index (χ3v) is 6.21. The molecule has 32 heavy (non-hydrogen) atoms. The smallest absolute Gasteiger partial charge is 0.261 e. The summed E-state index contributed by atoms with van der Waals surface area (Å²) in [5.74, 6) is 0.456. The molecule has 0 heterocycles. The zero-order valence-corrected chi connectivity index (χ0v) is 19.6. The van der Waals surface area contributed by atoms with Crippen LogP contribution in [0.2, 0.25) is 0 Å². The predicted molar refractivity (Wildman–Crippen MR) is 127 cm³/mol. The van der Waals surface area contributed by atoms with Gasteiger partial charge < -0.3 is 15.0 Å². The van der Waals surface area contributed by atoms with Crippen LogP contribution in [0.3, 0.4) is 0 Å². The molecule has 1 N–H and O–H groups in total. The molecule has 0 aliphatic heterocycles. The van der Waals surface area contributed by atoms with E-state index in [0.29, 0.717) is 18.7 Å². The van der Waals surface area contributed by atoms with Gasteiger partial charge in [-0.15, -0.1) is 0 Å². The third-order valence-electron chi connectivity index (χ3n) is 6.21. The normalized spacial score (nSPS) is 15.1. The maximum absolute atomic E-state index is 13.3. The van der Waals surface area contributed by atoms with Crippen molar-refractivity contribution in [1.82, 2.24) is 10.2 Å². The molecule has 5 nitrogen and oxygen atoms in total. The average molecular weight is 437 g/mol. The number of hydrogen-bond acceptors (Lipinski definition) is 3. The van der Waals surface area contributed by atoms with E-state index in [0.717, 1.165) is 42.4 Å². The molecule has 0 radical (unpaired) electrons. The highest BCUT2D eigenvalue weighted by molar-refractivity contribution is 5.88. The molecular formula is C27H36N2O3. The van der Waals surface area contributed by atoms with Crippen LogP contribution in [0, 0.1) is 13.8 Å². The fourth-order valence-electron chi connectivity index (χ4n) is 4.43. The number of carbonyl (C=O) groups excluding carboxylic acids is 2. The van der Waals surface area contributed by atoms with E-state index >= 15 is 0 Å². The molecule has 5 heteroatoms. The van der Waals surface area contributed by atoms with Crippen LogP contribution in [0.1, 0.15) is 62.1 Å². The van der Waals surface area contributed by atoms with Crippen LogP contribution >= 0.6 is 0 Å². The molecule has 1 atom stereocenters. The Morgan fingerprint density at radius 2 is 1.78 bits per heavy atom. The topological polar surface area (TPSA) is 58.6 Å². The van der Waals surface area contributed by atoms with E-state index in [2.05, 4.69) is 5.32 Å². The number of nitrogens with one attached hydrogen (secondary N) is 1. The van der Waals surface area contributed by atoms with Gasteiger partial charge in [-0.2, -0.15) is 0 Å². The number of ether oxygens (including phenoxy) is 1. The average Bonchev–Trinajstić information content (AvgIpc) is 2.79. The van der Waals surface area contributed by atoms with Crippen molar-refractivity contribution in [3.8, 4) is 5.75 Å². The summed E-state index contributed by atoms with van der Waals surface area (Å²) >= 11 is 0. The van der Waals surface area contributed by atoms with Crippen LogP contribution in [0.4, 0.5) is 0 Å². The molecule has 1 fully saturated rings. The minimum absolute atomic E-state index is 0.0600. The Morgan fingerprint density at radius 1 is 1.06 bits per heavy atom. The number of hydrogen-bond donors (Lipinski definition) is 1. The molecule has 1 aliphatic rings. The molecule has 2 amide bonds. The van der Waals surface area contributed by atoms with Crippen molar-refractivity contribution < 1.29 is 14.3 Å². The zero-order valence-electron chi connectivity index (χ0n) is 19.6. The molecule has 0 saturated heterocycles. The summed E-state index contributed by atoms with van der Waals surface area (Å²) < 4.78 is 5.87. The molecule has 0 unspecified atom stereocenters. The van der Waals surface area contributed by atoms with Crippen LogP contribution in [0.5, 0.6) is 5.75 Å². The Bertz CT molecular complexity index is 891. The molecule has 172 valence electrons. The van der Waals surface area contributed by atoms with Gasteiger partial charge in [-0.3, -0.25) is 9.59 Å². The number of nitrogens with zero attached hydrogens (tertiary/aromatic N) is 1. The lowest BCUT2D eigenvalue weighted by Crippen LogP contribution is -2.52. The molecular weight excluding hydrogens is 400 g/mol. The van der Waals surface area contributed by atoms with Gasteiger partial charge in [0.2, 0.25) is 5.91 Å². The Balaban J connectivity index is 1.74. The quantitative estimate of drug-likeness (QED) is 0.606. The standard InChI is InChI=1S/C27H36N2O3/c1-4-24(27(31)28-23-13-9-6-10-14-23)29(18-22-11-7-5-8-12-22)26(30)19-32-25-16-15-20(2)17-21(25)3/h5,7-8,11-12,15-17,23-24H,4,6,9-10,13-14,18-19H2,1-3H3,(H,28,31)/t24-/m1/s1. The lowest BCUT2D eigenvalue weighted by Gasteiger charge is -2.32. The Morgan fingerprint density at radius 3 is 2.44 bits per heavy atom. The molecule has 0 aromatic heterocycles. The van der Waals surface area contributed by atoms with E-state index in [9.17, 15) is 9.59 Å². The lowest BCUT2D eigenvalue weighted by molar-refractivity contribution is -0.143. The number of carbonyl (C=O) groups is 2. The van der Waals surface area contributed by atoms with Crippen molar-refractivity contribution in [3.05, 3.63) is 65.2 Å². The highest BCUT2D eigenvalue weighted by Gasteiger charge is 2.30. The second kappa shape index (κ2) is 11.7. The van der Waals surface area contributed by atoms with Crippen LogP contribution < -0.4 is 10.1 Å². The highest BCUT2D eigenvalue weighted by atomic mass is 16.5. The number of benzene rings is 2. The van der Waals surface area contributed by atoms with Gasteiger partial charge in [0.15, 0.2) is 6.61 Å². The van der Waals surface area contributed by atoms with Crippen molar-refractivity contribution in [2.75, 3.05) is 6.61 Å². The molecule has 1 aliphatic carbocycles. The lowest BCUT2D eigenvalue weighted by atomic mass is 9.95. The van der Waals surface area contributed by atoms with E-state index in [1.54, 1.807) is 4.90 Å². The van der Waals surface area contributed by atoms with Gasteiger partial charge in [-0.05, 0) is 50.3 Å². The Hall–Kier alpha value is -2.82. The minimum atomic E-state index is -0.521. The van der Waals surface area contributed by atoms with Crippen molar-refractivity contribution in [1.29, 1.82) is 0 Å². The van der Waals surface area contributed by atoms with Gasteiger partial charge in [0.05, 0.1) is 0 Å². The van der Waals surface area contributed by atoms with E-state index in [1.807, 2.05) is 69.3 Å². The van der Waals surface area contributed by atoms with Gasteiger partial charge in [-0.1, -0.05) is 74.2 Å². The predicted octanol–water partition coefficient (Wildman–Crippen LogP) is 4.94. The summed E-state index contributed by atoms with van der Waals surface area (Å²) in [6, 6.07) is 15.4. The monoisotopic (exact) mass is 436 g/mol. The van der Waals surface area contributed by atoms with Gasteiger partial charge in [0, 0.05) is 12.6 Å². The summed E-state index contributed by atoms with van der Waals surface area (Å²) in [6.45, 7) is 6.25. The van der Waals surface area contributed by atoms with Gasteiger partial charge in [0.25, 0.3) is 5.91 Å². The molecule has 1 saturated carbocycles. The first-order valence-electron chi connectivity index (χ1n) is 11.8. The van der Waals surface area contributed by atoms with E-state index in [4.69, 9.17) is 4.74 Å². The second-order valence-electron chi connectivity index (χ2n) is 8.83. The Labute approximate surface area is 192 Å². The van der Waals surface area contributed by atoms with Crippen molar-refractivity contribution in [2.45, 2.75) is 77.9 Å². The van der Waals surface area contributed by atoms with Gasteiger partial charge in [0.1, 0.15) is 11.8 Å². The van der Waals surface area contributed by atoms with Crippen molar-refractivity contribution in [2.24, 2.45) is 0 Å². The van der Waals surface area contributed by atoms with Crippen LogP contribution in [-0.2, 0) is 16.1 Å². The van der Waals surface area contributed by atoms with Crippen molar-refractivity contribution in [3.63, 3.8) is 0 Å². The molecule has 2 aromatic rings. The summed E-state index contributed by atoms with van der Waals surface area (Å²) in [4.78, 5) is 28.2. The maximum atomic E-state index is 13.3. The fourth-order valence-corrected chi connectivity index (χ4v) is 4.43. The number of rotatable bonds is 9.